The van der Waals surface area contributed by atoms with Gasteiger partial charge in [-0.05, 0) is 29.3 Å². The summed E-state index contributed by atoms with van der Waals surface area (Å²) in [5.74, 6) is -0.00553. The molecule has 2 aliphatic heterocycles. The number of fused-ring (bicyclic) bond motifs is 2. The number of nitrogens with zero attached hydrogens (tertiary/aromatic N) is 1. The van der Waals surface area contributed by atoms with Crippen LogP contribution < -0.4 is 10.2 Å². The predicted molar refractivity (Wildman–Crippen MR) is 80.9 cm³/mol. The third-order valence-corrected chi connectivity index (χ3v) is 4.87. The first-order chi connectivity index (χ1) is 9.99. The van der Waals surface area contributed by atoms with Crippen LogP contribution in [0.25, 0.3) is 0 Å². The second kappa shape index (κ2) is 5.10. The average molecular weight is 354 g/mol. The Balaban J connectivity index is 2.22. The van der Waals surface area contributed by atoms with Gasteiger partial charge in [0.2, 0.25) is 5.43 Å². The van der Waals surface area contributed by atoms with Gasteiger partial charge in [-0.15, -0.1) is 0 Å². The highest BCUT2D eigenvalue weighted by atomic mass is 79.9. The van der Waals surface area contributed by atoms with Crippen molar-refractivity contribution in [3.63, 3.8) is 0 Å². The summed E-state index contributed by atoms with van der Waals surface area (Å²) < 4.78 is 13.2. The number of carbonyl (C=O) groups is 1. The minimum Gasteiger partial charge on any atom is -0.491 e. The number of halogens is 1. The second-order valence-electron chi connectivity index (χ2n) is 5.58. The topological polar surface area (TPSA) is 57.5 Å². The molecule has 0 radical (unpaired) electrons. The van der Waals surface area contributed by atoms with Crippen molar-refractivity contribution >= 4 is 21.7 Å². The molecule has 21 heavy (non-hydrogen) atoms. The van der Waals surface area contributed by atoms with E-state index >= 15 is 0 Å². The number of rotatable bonds is 1. The predicted octanol–water partition coefficient (Wildman–Crippen LogP) is 2.17. The van der Waals surface area contributed by atoms with Crippen molar-refractivity contribution in [3.05, 3.63) is 38.7 Å². The highest BCUT2D eigenvalue weighted by Gasteiger charge is 2.48. The molecule has 1 aromatic rings. The first-order valence-corrected chi connectivity index (χ1v) is 7.56. The summed E-state index contributed by atoms with van der Waals surface area (Å²) in [7, 11) is 1.41. The maximum Gasteiger partial charge on any atom is 0.238 e. The molecule has 0 saturated carbocycles. The minimum atomic E-state index is -0.666. The molecular formula is C15H16BrNO4. The van der Waals surface area contributed by atoms with Crippen LogP contribution in [0.3, 0.4) is 0 Å². The molecule has 112 valence electrons. The van der Waals surface area contributed by atoms with E-state index in [0.29, 0.717) is 29.7 Å². The molecule has 0 aromatic carbocycles. The van der Waals surface area contributed by atoms with Gasteiger partial charge >= 0.3 is 0 Å². The summed E-state index contributed by atoms with van der Waals surface area (Å²) in [5, 5.41) is 0. The van der Waals surface area contributed by atoms with E-state index in [2.05, 4.69) is 15.9 Å². The van der Waals surface area contributed by atoms with Gasteiger partial charge in [0.1, 0.15) is 5.69 Å². The van der Waals surface area contributed by atoms with Crippen LogP contribution in [0.4, 0.5) is 0 Å². The molecular weight excluding hydrogens is 338 g/mol. The number of carbonyl (C=O) groups excluding carboxylic acids is 1. The lowest BCUT2D eigenvalue weighted by Gasteiger charge is -2.40. The maximum absolute atomic E-state index is 13.0. The van der Waals surface area contributed by atoms with Gasteiger partial charge in [0.25, 0.3) is 0 Å². The molecule has 6 heteroatoms. The largest absolute Gasteiger partial charge is 0.491 e. The zero-order chi connectivity index (χ0) is 15.2. The molecule has 0 spiro atoms. The van der Waals surface area contributed by atoms with Gasteiger partial charge in [0.05, 0.1) is 36.3 Å². The molecule has 2 aliphatic rings. The van der Waals surface area contributed by atoms with Gasteiger partial charge in [-0.25, -0.2) is 0 Å². The number of allylic oxidation sites excluding steroid dienone is 1. The van der Waals surface area contributed by atoms with Crippen molar-refractivity contribution in [2.24, 2.45) is 5.41 Å². The molecule has 2 atom stereocenters. The summed E-state index contributed by atoms with van der Waals surface area (Å²) in [6.07, 6.45) is 5.92. The Kier molecular flexibility index (Phi) is 3.53. The van der Waals surface area contributed by atoms with E-state index in [1.165, 1.54) is 7.11 Å². The molecule has 0 N–H and O–H groups in total. The lowest BCUT2D eigenvalue weighted by atomic mass is 9.73. The molecule has 0 saturated heterocycles. The number of Topliss-reactive ketones (excluding diaryl/α,β-unsaturated/α-hetero) is 1. The van der Waals surface area contributed by atoms with E-state index < -0.39 is 5.41 Å². The Labute approximate surface area is 130 Å². The quantitative estimate of drug-likeness (QED) is 0.726. The standard InChI is InChI=1S/C15H16BrNO4/c1-15-5-3-4-6-21-10(15)8-17-7-9(16)12(18)13(20-2)11(17)14(15)19/h3-4,7,10H,5-6,8H2,1-2H3/t10-,15-/m0/s1. The fourth-order valence-corrected chi connectivity index (χ4v) is 3.43. The second-order valence-corrected chi connectivity index (χ2v) is 6.44. The number of hydrogen-bond donors (Lipinski definition) is 0. The van der Waals surface area contributed by atoms with Crippen LogP contribution in [0.1, 0.15) is 23.8 Å². The van der Waals surface area contributed by atoms with Crippen LogP contribution in [0, 0.1) is 5.41 Å². The normalized spacial score (nSPS) is 27.8. The third-order valence-electron chi connectivity index (χ3n) is 4.31. The zero-order valence-corrected chi connectivity index (χ0v) is 13.5. The van der Waals surface area contributed by atoms with Crippen LogP contribution in [-0.4, -0.2) is 30.2 Å². The zero-order valence-electron chi connectivity index (χ0n) is 11.9. The Morgan fingerprint density at radius 3 is 2.90 bits per heavy atom. The fourth-order valence-electron chi connectivity index (χ4n) is 3.00. The number of methoxy groups -OCH3 is 1. The smallest absolute Gasteiger partial charge is 0.238 e. The summed E-state index contributed by atoms with van der Waals surface area (Å²) >= 11 is 3.22. The van der Waals surface area contributed by atoms with E-state index in [0.717, 1.165) is 0 Å². The van der Waals surface area contributed by atoms with Crippen LogP contribution in [0.2, 0.25) is 0 Å². The average Bonchev–Trinajstić information content (AvgIpc) is 2.64. The first kappa shape index (κ1) is 14.5. The Morgan fingerprint density at radius 1 is 1.43 bits per heavy atom. The minimum absolute atomic E-state index is 0.0993. The molecule has 3 heterocycles. The summed E-state index contributed by atoms with van der Waals surface area (Å²) in [4.78, 5) is 25.2. The van der Waals surface area contributed by atoms with Gasteiger partial charge in [0.15, 0.2) is 11.5 Å². The van der Waals surface area contributed by atoms with Crippen LogP contribution in [0.15, 0.2) is 27.6 Å². The van der Waals surface area contributed by atoms with E-state index in [4.69, 9.17) is 9.47 Å². The molecule has 1 aromatic heterocycles. The first-order valence-electron chi connectivity index (χ1n) is 6.77. The highest BCUT2D eigenvalue weighted by molar-refractivity contribution is 9.10. The van der Waals surface area contributed by atoms with Crippen LogP contribution >= 0.6 is 15.9 Å². The molecule has 0 unspecified atom stereocenters. The fraction of sp³-hybridized carbons (Fsp3) is 0.467. The van der Waals surface area contributed by atoms with Gasteiger partial charge < -0.3 is 14.0 Å². The van der Waals surface area contributed by atoms with Crippen molar-refractivity contribution in [1.82, 2.24) is 4.57 Å². The van der Waals surface area contributed by atoms with E-state index in [1.807, 2.05) is 19.1 Å². The lowest BCUT2D eigenvalue weighted by Crippen LogP contribution is -2.49. The van der Waals surface area contributed by atoms with Crippen molar-refractivity contribution in [3.8, 4) is 5.75 Å². The van der Waals surface area contributed by atoms with E-state index in [9.17, 15) is 9.59 Å². The summed E-state index contributed by atoms with van der Waals surface area (Å²) in [5.41, 5.74) is -0.631. The van der Waals surface area contributed by atoms with Crippen molar-refractivity contribution in [2.75, 3.05) is 13.7 Å². The highest BCUT2D eigenvalue weighted by Crippen LogP contribution is 2.41. The molecule has 0 fully saturated rings. The van der Waals surface area contributed by atoms with Crippen LogP contribution in [0.5, 0.6) is 5.75 Å². The van der Waals surface area contributed by atoms with Gasteiger partial charge in [-0.3, -0.25) is 9.59 Å². The van der Waals surface area contributed by atoms with Crippen molar-refractivity contribution in [2.45, 2.75) is 26.0 Å². The Morgan fingerprint density at radius 2 is 2.19 bits per heavy atom. The number of hydrogen-bond acceptors (Lipinski definition) is 4. The number of ether oxygens (including phenoxy) is 2. The third kappa shape index (κ3) is 2.08. The Bertz CT molecular complexity index is 694. The van der Waals surface area contributed by atoms with E-state index in [-0.39, 0.29) is 23.1 Å². The number of aromatic nitrogens is 1. The monoisotopic (exact) mass is 353 g/mol. The van der Waals surface area contributed by atoms with Crippen LogP contribution in [-0.2, 0) is 11.3 Å². The van der Waals surface area contributed by atoms with E-state index in [1.54, 1.807) is 10.8 Å². The van der Waals surface area contributed by atoms with Gasteiger partial charge in [-0.1, -0.05) is 12.2 Å². The number of ketones is 1. The SMILES string of the molecule is COc1c2n(cc(Br)c1=O)C[C@@H]1OCC=CC[C@]1(C)C2=O. The summed E-state index contributed by atoms with van der Waals surface area (Å²) in [6.45, 7) is 2.92. The molecule has 5 nitrogen and oxygen atoms in total. The van der Waals surface area contributed by atoms with Gasteiger partial charge in [-0.2, -0.15) is 0 Å². The summed E-state index contributed by atoms with van der Waals surface area (Å²) in [6, 6.07) is 0. The van der Waals surface area contributed by atoms with Crippen molar-refractivity contribution < 1.29 is 14.3 Å². The molecule has 0 bridgehead atoms. The maximum atomic E-state index is 13.0. The lowest BCUT2D eigenvalue weighted by molar-refractivity contribution is -0.0235. The molecule has 0 aliphatic carbocycles. The molecule has 0 amide bonds. The van der Waals surface area contributed by atoms with Gasteiger partial charge in [0, 0.05) is 6.20 Å². The molecule has 3 rings (SSSR count). The Hall–Kier alpha value is -1.40. The van der Waals surface area contributed by atoms with Crippen molar-refractivity contribution in [1.29, 1.82) is 0 Å². The number of pyridine rings is 1.